The fourth-order valence-electron chi connectivity index (χ4n) is 2.69. The Hall–Kier alpha value is -1.84. The summed E-state index contributed by atoms with van der Waals surface area (Å²) in [6, 6.07) is -0.624. The fraction of sp³-hybridized carbons (Fsp3) is 0.786. The van der Waals surface area contributed by atoms with Crippen LogP contribution in [0.2, 0.25) is 0 Å². The van der Waals surface area contributed by atoms with E-state index in [4.69, 9.17) is 0 Å². The molecule has 2 amide bonds. The second-order valence-corrected chi connectivity index (χ2v) is 6.18. The Morgan fingerprint density at radius 1 is 1.42 bits per heavy atom. The number of alkyl halides is 3. The van der Waals surface area contributed by atoms with Crippen molar-refractivity contribution in [2.24, 2.45) is 0 Å². The molecule has 1 fully saturated rings. The molecule has 1 aliphatic heterocycles. The third-order valence-corrected chi connectivity index (χ3v) is 4.06. The van der Waals surface area contributed by atoms with Crippen LogP contribution < -0.4 is 5.32 Å². The zero-order chi connectivity index (χ0) is 17.7. The van der Waals surface area contributed by atoms with Gasteiger partial charge >= 0.3 is 12.2 Å². The van der Waals surface area contributed by atoms with E-state index < -0.39 is 12.7 Å². The predicted molar refractivity (Wildman–Crippen MR) is 81.3 cm³/mol. The number of aryl methyl sites for hydroxylation is 1. The summed E-state index contributed by atoms with van der Waals surface area (Å²) in [7, 11) is 0. The normalized spacial score (nSPS) is 20.9. The summed E-state index contributed by atoms with van der Waals surface area (Å²) in [6.07, 6.45) is -0.464. The molecule has 10 heteroatoms. The predicted octanol–water partition coefficient (Wildman–Crippen LogP) is 1.33. The number of amides is 2. The Balaban J connectivity index is 1.75. The minimum absolute atomic E-state index is 0.0646. The molecule has 0 aromatic carbocycles. The molecule has 0 spiro atoms. The third-order valence-electron chi connectivity index (χ3n) is 4.06. The Kier molecular flexibility index (Phi) is 6.03. The van der Waals surface area contributed by atoms with E-state index in [2.05, 4.69) is 15.4 Å². The van der Waals surface area contributed by atoms with Crippen LogP contribution in [0.15, 0.2) is 12.7 Å². The van der Waals surface area contributed by atoms with Crippen molar-refractivity contribution in [3.63, 3.8) is 0 Å². The van der Waals surface area contributed by atoms with Gasteiger partial charge in [-0.05, 0) is 20.3 Å². The molecule has 0 aliphatic carbocycles. The number of carbonyl (C=O) groups is 1. The van der Waals surface area contributed by atoms with E-state index in [1.165, 1.54) is 11.2 Å². The lowest BCUT2D eigenvalue weighted by Crippen LogP contribution is -2.58. The highest BCUT2D eigenvalue weighted by molar-refractivity contribution is 5.74. The maximum atomic E-state index is 12.5. The average molecular weight is 348 g/mol. The summed E-state index contributed by atoms with van der Waals surface area (Å²) in [4.78, 5) is 19.0. The Labute approximate surface area is 138 Å². The van der Waals surface area contributed by atoms with Crippen LogP contribution in [0.1, 0.15) is 20.3 Å². The van der Waals surface area contributed by atoms with Crippen molar-refractivity contribution in [2.45, 2.75) is 45.1 Å². The topological polar surface area (TPSA) is 66.3 Å². The maximum Gasteiger partial charge on any atom is 0.401 e. The van der Waals surface area contributed by atoms with E-state index in [-0.39, 0.29) is 31.2 Å². The van der Waals surface area contributed by atoms with Crippen LogP contribution in [0.4, 0.5) is 18.0 Å². The number of carbonyl (C=O) groups excluding carboxylic acids is 1. The molecule has 0 radical (unpaired) electrons. The Bertz CT molecular complexity index is 521. The highest BCUT2D eigenvalue weighted by atomic mass is 19.4. The summed E-state index contributed by atoms with van der Waals surface area (Å²) in [5.41, 5.74) is 0. The standard InChI is InChI=1S/C14H23F3N6O/c1-11(3-4-23-10-18-9-19-23)20-13(24)21-5-6-22(12(2)7-21)8-14(15,16)17/h9-12H,3-8H2,1-2H3,(H,20,24)/t11-,12+/m0/s1. The highest BCUT2D eigenvalue weighted by Gasteiger charge is 2.36. The largest absolute Gasteiger partial charge is 0.401 e. The van der Waals surface area contributed by atoms with E-state index in [0.29, 0.717) is 19.5 Å². The number of aromatic nitrogens is 3. The minimum atomic E-state index is -4.21. The van der Waals surface area contributed by atoms with E-state index >= 15 is 0 Å². The minimum Gasteiger partial charge on any atom is -0.335 e. The number of nitrogens with one attached hydrogen (secondary N) is 1. The molecular formula is C14H23F3N6O. The van der Waals surface area contributed by atoms with Crippen LogP contribution >= 0.6 is 0 Å². The second-order valence-electron chi connectivity index (χ2n) is 6.18. The molecule has 7 nitrogen and oxygen atoms in total. The van der Waals surface area contributed by atoms with Gasteiger partial charge in [-0.15, -0.1) is 0 Å². The fourth-order valence-corrected chi connectivity index (χ4v) is 2.69. The molecule has 0 unspecified atom stereocenters. The number of hydrogen-bond acceptors (Lipinski definition) is 4. The lowest BCUT2D eigenvalue weighted by atomic mass is 10.2. The van der Waals surface area contributed by atoms with E-state index in [9.17, 15) is 18.0 Å². The van der Waals surface area contributed by atoms with Crippen LogP contribution in [0.25, 0.3) is 0 Å². The van der Waals surface area contributed by atoms with Gasteiger partial charge in [-0.25, -0.2) is 9.78 Å². The second kappa shape index (κ2) is 7.82. The molecule has 136 valence electrons. The lowest BCUT2D eigenvalue weighted by Gasteiger charge is -2.40. The molecule has 1 saturated heterocycles. The quantitative estimate of drug-likeness (QED) is 0.872. The first kappa shape index (κ1) is 18.5. The van der Waals surface area contributed by atoms with Crippen molar-refractivity contribution >= 4 is 6.03 Å². The van der Waals surface area contributed by atoms with Gasteiger partial charge in [0.15, 0.2) is 0 Å². The summed E-state index contributed by atoms with van der Waals surface area (Å²) >= 11 is 0. The molecule has 1 aromatic heterocycles. The first-order valence-corrected chi connectivity index (χ1v) is 7.93. The number of urea groups is 1. The van der Waals surface area contributed by atoms with E-state index in [1.54, 1.807) is 22.8 Å². The molecule has 1 N–H and O–H groups in total. The number of halogens is 3. The summed E-state index contributed by atoms with van der Waals surface area (Å²) in [5, 5.41) is 6.87. The maximum absolute atomic E-state index is 12.5. The van der Waals surface area contributed by atoms with Gasteiger partial charge in [-0.2, -0.15) is 18.3 Å². The van der Waals surface area contributed by atoms with Crippen LogP contribution in [0.3, 0.4) is 0 Å². The molecule has 2 atom stereocenters. The molecule has 24 heavy (non-hydrogen) atoms. The Morgan fingerprint density at radius 2 is 2.17 bits per heavy atom. The smallest absolute Gasteiger partial charge is 0.335 e. The van der Waals surface area contributed by atoms with Gasteiger partial charge in [0, 0.05) is 38.3 Å². The van der Waals surface area contributed by atoms with Crippen LogP contribution in [0.5, 0.6) is 0 Å². The van der Waals surface area contributed by atoms with Gasteiger partial charge in [0.2, 0.25) is 0 Å². The van der Waals surface area contributed by atoms with Crippen LogP contribution in [-0.2, 0) is 6.54 Å². The molecule has 2 rings (SSSR count). The number of nitrogens with zero attached hydrogens (tertiary/aromatic N) is 5. The van der Waals surface area contributed by atoms with E-state index in [1.807, 2.05) is 6.92 Å². The highest BCUT2D eigenvalue weighted by Crippen LogP contribution is 2.20. The van der Waals surface area contributed by atoms with Gasteiger partial charge in [0.25, 0.3) is 0 Å². The van der Waals surface area contributed by atoms with Gasteiger partial charge in [0.05, 0.1) is 6.54 Å². The zero-order valence-electron chi connectivity index (χ0n) is 13.8. The number of rotatable bonds is 5. The van der Waals surface area contributed by atoms with Crippen molar-refractivity contribution < 1.29 is 18.0 Å². The lowest BCUT2D eigenvalue weighted by molar-refractivity contribution is -0.153. The van der Waals surface area contributed by atoms with E-state index in [0.717, 1.165) is 0 Å². The van der Waals surface area contributed by atoms with Crippen molar-refractivity contribution in [2.75, 3.05) is 26.2 Å². The summed E-state index contributed by atoms with van der Waals surface area (Å²) < 4.78 is 39.2. The third kappa shape index (κ3) is 5.66. The first-order chi connectivity index (χ1) is 11.2. The average Bonchev–Trinajstić information content (AvgIpc) is 2.99. The van der Waals surface area contributed by atoms with Crippen molar-refractivity contribution in [1.82, 2.24) is 29.9 Å². The summed E-state index contributed by atoms with van der Waals surface area (Å²) in [6.45, 7) is 4.10. The molecule has 0 bridgehead atoms. The van der Waals surface area contributed by atoms with Crippen LogP contribution in [0, 0.1) is 0 Å². The van der Waals surface area contributed by atoms with Crippen molar-refractivity contribution in [3.05, 3.63) is 12.7 Å². The molecule has 2 heterocycles. The Morgan fingerprint density at radius 3 is 2.75 bits per heavy atom. The van der Waals surface area contributed by atoms with Crippen molar-refractivity contribution in [1.29, 1.82) is 0 Å². The van der Waals surface area contributed by atoms with Crippen LogP contribution in [-0.4, -0.2) is 75.0 Å². The van der Waals surface area contributed by atoms with Gasteiger partial charge in [-0.1, -0.05) is 0 Å². The molecule has 1 aromatic rings. The monoisotopic (exact) mass is 348 g/mol. The SMILES string of the molecule is C[C@@H]1CN(C(=O)N[C@@H](C)CCn2cncn2)CCN1CC(F)(F)F. The molecule has 1 aliphatic rings. The van der Waals surface area contributed by atoms with Gasteiger partial charge < -0.3 is 10.2 Å². The number of hydrogen-bond donors (Lipinski definition) is 1. The first-order valence-electron chi connectivity index (χ1n) is 7.93. The summed E-state index contributed by atoms with van der Waals surface area (Å²) in [5.74, 6) is 0. The molecule has 0 saturated carbocycles. The van der Waals surface area contributed by atoms with Gasteiger partial charge in [0.1, 0.15) is 12.7 Å². The van der Waals surface area contributed by atoms with Gasteiger partial charge in [-0.3, -0.25) is 9.58 Å². The number of piperazine rings is 1. The van der Waals surface area contributed by atoms with Crippen molar-refractivity contribution in [3.8, 4) is 0 Å². The zero-order valence-corrected chi connectivity index (χ0v) is 13.8. The molecular weight excluding hydrogens is 325 g/mol.